The predicted octanol–water partition coefficient (Wildman–Crippen LogP) is 5.85. The van der Waals surface area contributed by atoms with Gasteiger partial charge in [0.1, 0.15) is 11.6 Å². The maximum atomic E-state index is 13.5. The molecule has 0 aliphatic heterocycles. The average molecular weight is 268 g/mol. The molecule has 0 N–H and O–H groups in total. The SMILES string of the molecule is CCCC(CC)(CCC(C)C)c1cc(F)cc(F)c1. The molecule has 2 heteroatoms. The van der Waals surface area contributed by atoms with E-state index in [9.17, 15) is 8.78 Å². The van der Waals surface area contributed by atoms with E-state index >= 15 is 0 Å². The molecule has 0 radical (unpaired) electrons. The Hall–Kier alpha value is -0.920. The summed E-state index contributed by atoms with van der Waals surface area (Å²) in [6, 6.07) is 3.99. The minimum atomic E-state index is -0.464. The van der Waals surface area contributed by atoms with E-state index in [0.29, 0.717) is 5.92 Å². The molecule has 0 bridgehead atoms. The summed E-state index contributed by atoms with van der Waals surface area (Å²) in [7, 11) is 0. The molecule has 19 heavy (non-hydrogen) atoms. The molecule has 0 aliphatic rings. The van der Waals surface area contributed by atoms with Crippen molar-refractivity contribution >= 4 is 0 Å². The first kappa shape index (κ1) is 16.1. The van der Waals surface area contributed by atoms with E-state index in [1.807, 2.05) is 0 Å². The molecule has 0 saturated heterocycles. The van der Waals surface area contributed by atoms with Crippen LogP contribution >= 0.6 is 0 Å². The van der Waals surface area contributed by atoms with Gasteiger partial charge in [0, 0.05) is 6.07 Å². The van der Waals surface area contributed by atoms with Crippen LogP contribution in [0.2, 0.25) is 0 Å². The van der Waals surface area contributed by atoms with E-state index in [0.717, 1.165) is 43.7 Å². The Balaban J connectivity index is 3.12. The smallest absolute Gasteiger partial charge is 0.126 e. The molecular weight excluding hydrogens is 242 g/mol. The van der Waals surface area contributed by atoms with Gasteiger partial charge in [-0.3, -0.25) is 0 Å². The van der Waals surface area contributed by atoms with Crippen molar-refractivity contribution in [3.05, 3.63) is 35.4 Å². The van der Waals surface area contributed by atoms with Gasteiger partial charge in [0.2, 0.25) is 0 Å². The second-order valence-corrected chi connectivity index (χ2v) is 5.97. The summed E-state index contributed by atoms with van der Waals surface area (Å²) in [6.07, 6.45) is 5.03. The van der Waals surface area contributed by atoms with Gasteiger partial charge < -0.3 is 0 Å². The Morgan fingerprint density at radius 1 is 1.00 bits per heavy atom. The monoisotopic (exact) mass is 268 g/mol. The van der Waals surface area contributed by atoms with Crippen molar-refractivity contribution in [3.8, 4) is 0 Å². The lowest BCUT2D eigenvalue weighted by Crippen LogP contribution is -2.26. The summed E-state index contributed by atoms with van der Waals surface area (Å²) in [5, 5.41) is 0. The number of hydrogen-bond donors (Lipinski definition) is 0. The fraction of sp³-hybridized carbons (Fsp3) is 0.647. The highest BCUT2D eigenvalue weighted by Gasteiger charge is 2.30. The zero-order valence-corrected chi connectivity index (χ0v) is 12.6. The lowest BCUT2D eigenvalue weighted by Gasteiger charge is -2.34. The zero-order chi connectivity index (χ0) is 14.5. The first-order valence-electron chi connectivity index (χ1n) is 7.40. The molecule has 0 amide bonds. The van der Waals surface area contributed by atoms with Crippen LogP contribution in [0.5, 0.6) is 0 Å². The Labute approximate surface area is 116 Å². The Kier molecular flexibility index (Phi) is 5.96. The van der Waals surface area contributed by atoms with Crippen molar-refractivity contribution in [2.24, 2.45) is 5.92 Å². The molecule has 0 spiro atoms. The van der Waals surface area contributed by atoms with E-state index < -0.39 is 11.6 Å². The van der Waals surface area contributed by atoms with Gasteiger partial charge in [0.15, 0.2) is 0 Å². The molecule has 0 heterocycles. The molecule has 108 valence electrons. The normalized spacial score (nSPS) is 14.7. The van der Waals surface area contributed by atoms with Crippen LogP contribution < -0.4 is 0 Å². The molecule has 0 fully saturated rings. The lowest BCUT2D eigenvalue weighted by molar-refractivity contribution is 0.315. The first-order chi connectivity index (χ1) is 8.93. The highest BCUT2D eigenvalue weighted by molar-refractivity contribution is 5.27. The van der Waals surface area contributed by atoms with Crippen LogP contribution in [0, 0.1) is 17.6 Å². The van der Waals surface area contributed by atoms with Gasteiger partial charge in [-0.25, -0.2) is 8.78 Å². The largest absolute Gasteiger partial charge is 0.207 e. The standard InChI is InChI=1S/C17H26F2/c1-5-8-17(6-2,9-7-13(3)4)14-10-15(18)12-16(19)11-14/h10-13H,5-9H2,1-4H3. The van der Waals surface area contributed by atoms with E-state index in [1.54, 1.807) is 0 Å². The number of halogens is 2. The zero-order valence-electron chi connectivity index (χ0n) is 12.6. The van der Waals surface area contributed by atoms with Crippen molar-refractivity contribution in [2.75, 3.05) is 0 Å². The van der Waals surface area contributed by atoms with Crippen LogP contribution in [-0.2, 0) is 5.41 Å². The molecule has 0 saturated carbocycles. The van der Waals surface area contributed by atoms with Crippen LogP contribution in [-0.4, -0.2) is 0 Å². The van der Waals surface area contributed by atoms with Crippen LogP contribution in [0.1, 0.15) is 65.4 Å². The van der Waals surface area contributed by atoms with Gasteiger partial charge >= 0.3 is 0 Å². The minimum absolute atomic E-state index is 0.0814. The van der Waals surface area contributed by atoms with E-state index in [2.05, 4.69) is 27.7 Å². The topological polar surface area (TPSA) is 0 Å². The van der Waals surface area contributed by atoms with Crippen molar-refractivity contribution in [3.63, 3.8) is 0 Å². The molecule has 1 aromatic carbocycles. The highest BCUT2D eigenvalue weighted by atomic mass is 19.1. The Morgan fingerprint density at radius 3 is 2.00 bits per heavy atom. The van der Waals surface area contributed by atoms with Crippen molar-refractivity contribution in [1.29, 1.82) is 0 Å². The van der Waals surface area contributed by atoms with Gasteiger partial charge in [0.05, 0.1) is 0 Å². The fourth-order valence-electron chi connectivity index (χ4n) is 2.87. The first-order valence-corrected chi connectivity index (χ1v) is 7.40. The Morgan fingerprint density at radius 2 is 1.58 bits per heavy atom. The average Bonchev–Trinajstić information content (AvgIpc) is 2.33. The van der Waals surface area contributed by atoms with Crippen LogP contribution in [0.25, 0.3) is 0 Å². The lowest BCUT2D eigenvalue weighted by atomic mass is 9.70. The number of benzene rings is 1. The second kappa shape index (κ2) is 7.02. The van der Waals surface area contributed by atoms with Crippen LogP contribution in [0.3, 0.4) is 0 Å². The van der Waals surface area contributed by atoms with Gasteiger partial charge in [-0.1, -0.05) is 40.5 Å². The third-order valence-corrected chi connectivity index (χ3v) is 4.08. The minimum Gasteiger partial charge on any atom is -0.207 e. The molecule has 0 aliphatic carbocycles. The molecular formula is C17H26F2. The number of hydrogen-bond acceptors (Lipinski definition) is 0. The predicted molar refractivity (Wildman–Crippen MR) is 77.3 cm³/mol. The summed E-state index contributed by atoms with van der Waals surface area (Å²) in [6.45, 7) is 8.64. The molecule has 0 nitrogen and oxygen atoms in total. The van der Waals surface area contributed by atoms with Crippen LogP contribution in [0.4, 0.5) is 8.78 Å². The van der Waals surface area contributed by atoms with Crippen molar-refractivity contribution in [2.45, 2.75) is 65.2 Å². The van der Waals surface area contributed by atoms with Gasteiger partial charge in [-0.2, -0.15) is 0 Å². The summed E-state index contributed by atoms with van der Waals surface area (Å²) in [5.74, 6) is -0.317. The molecule has 1 rings (SSSR count). The van der Waals surface area contributed by atoms with E-state index in [-0.39, 0.29) is 5.41 Å². The maximum Gasteiger partial charge on any atom is 0.126 e. The Bertz CT molecular complexity index is 378. The summed E-state index contributed by atoms with van der Waals surface area (Å²) < 4.78 is 27.0. The van der Waals surface area contributed by atoms with Crippen molar-refractivity contribution < 1.29 is 8.78 Å². The molecule has 1 unspecified atom stereocenters. The summed E-state index contributed by atoms with van der Waals surface area (Å²) in [4.78, 5) is 0. The van der Waals surface area contributed by atoms with E-state index in [1.165, 1.54) is 12.1 Å². The van der Waals surface area contributed by atoms with Crippen LogP contribution in [0.15, 0.2) is 18.2 Å². The molecule has 0 aromatic heterocycles. The van der Waals surface area contributed by atoms with E-state index in [4.69, 9.17) is 0 Å². The highest BCUT2D eigenvalue weighted by Crippen LogP contribution is 2.39. The van der Waals surface area contributed by atoms with Crippen molar-refractivity contribution in [1.82, 2.24) is 0 Å². The number of rotatable bonds is 7. The van der Waals surface area contributed by atoms with Gasteiger partial charge in [-0.05, 0) is 48.3 Å². The summed E-state index contributed by atoms with van der Waals surface area (Å²) >= 11 is 0. The fourth-order valence-corrected chi connectivity index (χ4v) is 2.87. The molecule has 1 atom stereocenters. The molecule has 1 aromatic rings. The quantitative estimate of drug-likeness (QED) is 0.582. The summed E-state index contributed by atoms with van der Waals surface area (Å²) in [5.41, 5.74) is 0.747. The maximum absolute atomic E-state index is 13.5. The van der Waals surface area contributed by atoms with Gasteiger partial charge in [0.25, 0.3) is 0 Å². The van der Waals surface area contributed by atoms with Gasteiger partial charge in [-0.15, -0.1) is 0 Å². The third kappa shape index (κ3) is 4.29. The second-order valence-electron chi connectivity index (χ2n) is 5.97. The third-order valence-electron chi connectivity index (χ3n) is 4.08.